The summed E-state index contributed by atoms with van der Waals surface area (Å²) in [5, 5.41) is 12.1. The van der Waals surface area contributed by atoms with Crippen LogP contribution in [0.5, 0.6) is 0 Å². The van der Waals surface area contributed by atoms with E-state index in [1.807, 2.05) is 0 Å². The average molecular weight is 312 g/mol. The van der Waals surface area contributed by atoms with Gasteiger partial charge in [0.05, 0.1) is 0 Å². The lowest BCUT2D eigenvalue weighted by molar-refractivity contribution is 1.08. The third-order valence-electron chi connectivity index (χ3n) is 4.28. The summed E-state index contributed by atoms with van der Waals surface area (Å²) in [5.74, 6) is 0. The Kier molecular flexibility index (Phi) is 4.03. The van der Waals surface area contributed by atoms with Gasteiger partial charge in [-0.05, 0) is 45.8 Å². The van der Waals surface area contributed by atoms with Crippen LogP contribution in [0.25, 0.3) is 21.5 Å². The summed E-state index contributed by atoms with van der Waals surface area (Å²) in [6.45, 7) is 1.76. The molecule has 0 bridgehead atoms. The Morgan fingerprint density at radius 2 is 0.875 bits per heavy atom. The van der Waals surface area contributed by atoms with E-state index in [1.165, 1.54) is 21.5 Å². The maximum absolute atomic E-state index is 3.48. The zero-order valence-electron chi connectivity index (χ0n) is 13.5. The van der Waals surface area contributed by atoms with Gasteiger partial charge in [0.25, 0.3) is 0 Å². The van der Waals surface area contributed by atoms with E-state index in [-0.39, 0.29) is 0 Å². The second-order valence-corrected chi connectivity index (χ2v) is 5.98. The van der Waals surface area contributed by atoms with Crippen LogP contribution in [0.3, 0.4) is 0 Å². The van der Waals surface area contributed by atoms with Crippen LogP contribution in [0, 0.1) is 0 Å². The van der Waals surface area contributed by atoms with Crippen LogP contribution in [-0.2, 0) is 0 Å². The fourth-order valence-corrected chi connectivity index (χ4v) is 3.01. The molecule has 0 aromatic heterocycles. The van der Waals surface area contributed by atoms with Crippen molar-refractivity contribution in [2.75, 3.05) is 23.7 Å². The van der Waals surface area contributed by atoms with E-state index in [1.54, 1.807) is 0 Å². The molecule has 0 atom stereocenters. The number of benzene rings is 4. The van der Waals surface area contributed by atoms with Crippen LogP contribution in [0.1, 0.15) is 0 Å². The fraction of sp³-hybridized carbons (Fsp3) is 0.0909. The molecule has 2 nitrogen and oxygen atoms in total. The zero-order chi connectivity index (χ0) is 16.2. The number of hydrogen-bond acceptors (Lipinski definition) is 2. The Labute approximate surface area is 142 Å². The van der Waals surface area contributed by atoms with Gasteiger partial charge in [-0.1, -0.05) is 60.7 Å². The van der Waals surface area contributed by atoms with E-state index in [0.717, 1.165) is 24.5 Å². The quantitative estimate of drug-likeness (QED) is 0.474. The van der Waals surface area contributed by atoms with Crippen molar-refractivity contribution in [2.24, 2.45) is 0 Å². The van der Waals surface area contributed by atoms with Crippen LogP contribution in [0.4, 0.5) is 11.4 Å². The first kappa shape index (κ1) is 14.6. The van der Waals surface area contributed by atoms with Crippen molar-refractivity contribution in [1.29, 1.82) is 0 Å². The highest BCUT2D eigenvalue weighted by Gasteiger charge is 1.97. The van der Waals surface area contributed by atoms with Crippen molar-refractivity contribution in [2.45, 2.75) is 0 Å². The fourth-order valence-electron chi connectivity index (χ4n) is 3.01. The molecular formula is C22H20N2. The third kappa shape index (κ3) is 3.18. The van der Waals surface area contributed by atoms with Gasteiger partial charge in [-0.15, -0.1) is 0 Å². The highest BCUT2D eigenvalue weighted by molar-refractivity contribution is 5.86. The zero-order valence-corrected chi connectivity index (χ0v) is 13.5. The van der Waals surface area contributed by atoms with Crippen molar-refractivity contribution in [3.8, 4) is 0 Å². The molecule has 4 aromatic carbocycles. The molecule has 0 amide bonds. The largest absolute Gasteiger partial charge is 0.383 e. The lowest BCUT2D eigenvalue weighted by Crippen LogP contribution is -2.13. The van der Waals surface area contributed by atoms with Gasteiger partial charge in [0.2, 0.25) is 0 Å². The average Bonchev–Trinajstić information content (AvgIpc) is 2.65. The Morgan fingerprint density at radius 1 is 0.458 bits per heavy atom. The summed E-state index contributed by atoms with van der Waals surface area (Å²) in [6.07, 6.45) is 0. The van der Waals surface area contributed by atoms with E-state index in [9.17, 15) is 0 Å². The number of hydrogen-bond donors (Lipinski definition) is 2. The van der Waals surface area contributed by atoms with Crippen molar-refractivity contribution in [3.63, 3.8) is 0 Å². The Balaban J connectivity index is 1.36. The lowest BCUT2D eigenvalue weighted by atomic mass is 10.1. The molecule has 0 spiro atoms. The number of fused-ring (bicyclic) bond motifs is 2. The molecule has 2 heteroatoms. The predicted octanol–water partition coefficient (Wildman–Crippen LogP) is 5.52. The SMILES string of the molecule is c1ccc2cc(NCCNc3ccc4ccccc4c3)ccc2c1. The second kappa shape index (κ2) is 6.63. The Bertz CT molecular complexity index is 894. The van der Waals surface area contributed by atoms with Crippen LogP contribution in [0.2, 0.25) is 0 Å². The van der Waals surface area contributed by atoms with Crippen molar-refractivity contribution in [3.05, 3.63) is 84.9 Å². The molecule has 0 heterocycles. The highest BCUT2D eigenvalue weighted by Crippen LogP contribution is 2.20. The molecule has 0 saturated heterocycles. The van der Waals surface area contributed by atoms with Gasteiger partial charge in [0.1, 0.15) is 0 Å². The van der Waals surface area contributed by atoms with Gasteiger partial charge in [-0.2, -0.15) is 0 Å². The van der Waals surface area contributed by atoms with Gasteiger partial charge >= 0.3 is 0 Å². The Morgan fingerprint density at radius 3 is 1.33 bits per heavy atom. The molecule has 24 heavy (non-hydrogen) atoms. The minimum Gasteiger partial charge on any atom is -0.383 e. The smallest absolute Gasteiger partial charge is 0.0347 e. The summed E-state index contributed by atoms with van der Waals surface area (Å²) in [7, 11) is 0. The summed E-state index contributed by atoms with van der Waals surface area (Å²) in [5.41, 5.74) is 2.32. The van der Waals surface area contributed by atoms with Crippen LogP contribution in [-0.4, -0.2) is 13.1 Å². The van der Waals surface area contributed by atoms with E-state index >= 15 is 0 Å². The maximum atomic E-state index is 3.48. The Hall–Kier alpha value is -3.00. The maximum Gasteiger partial charge on any atom is 0.0347 e. The first-order chi connectivity index (χ1) is 11.9. The monoisotopic (exact) mass is 312 g/mol. The molecular weight excluding hydrogens is 292 g/mol. The molecule has 0 aliphatic carbocycles. The molecule has 4 rings (SSSR count). The van der Waals surface area contributed by atoms with E-state index in [2.05, 4.69) is 95.6 Å². The van der Waals surface area contributed by atoms with Gasteiger partial charge < -0.3 is 10.6 Å². The van der Waals surface area contributed by atoms with Gasteiger partial charge in [-0.3, -0.25) is 0 Å². The predicted molar refractivity (Wildman–Crippen MR) is 105 cm³/mol. The first-order valence-electron chi connectivity index (χ1n) is 8.34. The summed E-state index contributed by atoms with van der Waals surface area (Å²) < 4.78 is 0. The van der Waals surface area contributed by atoms with Crippen LogP contribution >= 0.6 is 0 Å². The molecule has 0 fully saturated rings. The highest BCUT2D eigenvalue weighted by atomic mass is 14.9. The number of rotatable bonds is 5. The summed E-state index contributed by atoms with van der Waals surface area (Å²) in [6, 6.07) is 29.9. The van der Waals surface area contributed by atoms with Crippen LogP contribution < -0.4 is 10.6 Å². The van der Waals surface area contributed by atoms with Crippen molar-refractivity contribution < 1.29 is 0 Å². The molecule has 0 unspecified atom stereocenters. The van der Waals surface area contributed by atoms with Crippen molar-refractivity contribution in [1.82, 2.24) is 0 Å². The number of anilines is 2. The minimum absolute atomic E-state index is 0.880. The van der Waals surface area contributed by atoms with E-state index in [0.29, 0.717) is 0 Å². The summed E-state index contributed by atoms with van der Waals surface area (Å²) >= 11 is 0. The topological polar surface area (TPSA) is 24.1 Å². The summed E-state index contributed by atoms with van der Waals surface area (Å²) in [4.78, 5) is 0. The van der Waals surface area contributed by atoms with Gasteiger partial charge in [0.15, 0.2) is 0 Å². The van der Waals surface area contributed by atoms with E-state index in [4.69, 9.17) is 0 Å². The normalized spacial score (nSPS) is 10.8. The molecule has 0 saturated carbocycles. The second-order valence-electron chi connectivity index (χ2n) is 5.98. The van der Waals surface area contributed by atoms with Gasteiger partial charge in [0, 0.05) is 24.5 Å². The minimum atomic E-state index is 0.880. The molecule has 0 aliphatic heterocycles. The molecule has 4 aromatic rings. The lowest BCUT2D eigenvalue weighted by Gasteiger charge is -2.10. The van der Waals surface area contributed by atoms with Gasteiger partial charge in [-0.25, -0.2) is 0 Å². The van der Waals surface area contributed by atoms with Crippen molar-refractivity contribution >= 4 is 32.9 Å². The number of nitrogens with one attached hydrogen (secondary N) is 2. The third-order valence-corrected chi connectivity index (χ3v) is 4.28. The van der Waals surface area contributed by atoms with E-state index < -0.39 is 0 Å². The molecule has 0 aliphatic rings. The molecule has 2 N–H and O–H groups in total. The molecule has 0 radical (unpaired) electrons. The first-order valence-corrected chi connectivity index (χ1v) is 8.34. The standard InChI is InChI=1S/C22H20N2/c1-3-7-19-15-21(11-9-17(19)5-1)23-13-14-24-22-12-10-18-6-2-4-8-20(18)16-22/h1-12,15-16,23-24H,13-14H2. The van der Waals surface area contributed by atoms with Crippen LogP contribution in [0.15, 0.2) is 84.9 Å². The molecule has 118 valence electrons.